The Morgan fingerprint density at radius 1 is 1.22 bits per heavy atom. The maximum absolute atomic E-state index is 11.4. The van der Waals surface area contributed by atoms with E-state index >= 15 is 0 Å². The van der Waals surface area contributed by atoms with Gasteiger partial charge in [-0.3, -0.25) is 9.59 Å². The Labute approximate surface area is 108 Å². The van der Waals surface area contributed by atoms with Crippen molar-refractivity contribution in [1.29, 1.82) is 0 Å². The lowest BCUT2D eigenvalue weighted by molar-refractivity contribution is -0.148. The summed E-state index contributed by atoms with van der Waals surface area (Å²) in [6.07, 6.45) is 3.28. The SMILES string of the molecule is COC(=O)C1CCC(OCC(=O)NC(C)C)CC1. The van der Waals surface area contributed by atoms with Crippen LogP contribution in [0.15, 0.2) is 0 Å². The van der Waals surface area contributed by atoms with E-state index in [-0.39, 0.29) is 36.5 Å². The Kier molecular flexibility index (Phi) is 6.12. The van der Waals surface area contributed by atoms with Crippen LogP contribution in [0.25, 0.3) is 0 Å². The van der Waals surface area contributed by atoms with E-state index in [1.165, 1.54) is 7.11 Å². The number of ether oxygens (including phenoxy) is 2. The number of hydrogen-bond acceptors (Lipinski definition) is 4. The highest BCUT2D eigenvalue weighted by atomic mass is 16.5. The van der Waals surface area contributed by atoms with Crippen molar-refractivity contribution in [2.75, 3.05) is 13.7 Å². The molecule has 0 aromatic heterocycles. The normalized spacial score (nSPS) is 23.8. The lowest BCUT2D eigenvalue weighted by Crippen LogP contribution is -2.35. The number of esters is 1. The van der Waals surface area contributed by atoms with Gasteiger partial charge < -0.3 is 14.8 Å². The fraction of sp³-hybridized carbons (Fsp3) is 0.846. The van der Waals surface area contributed by atoms with Crippen LogP contribution in [-0.4, -0.2) is 37.7 Å². The molecule has 0 radical (unpaired) electrons. The highest BCUT2D eigenvalue weighted by Crippen LogP contribution is 2.26. The molecule has 0 heterocycles. The van der Waals surface area contributed by atoms with Crippen molar-refractivity contribution >= 4 is 11.9 Å². The molecule has 0 saturated heterocycles. The molecule has 0 aliphatic heterocycles. The maximum Gasteiger partial charge on any atom is 0.308 e. The minimum Gasteiger partial charge on any atom is -0.469 e. The van der Waals surface area contributed by atoms with Crippen molar-refractivity contribution in [3.05, 3.63) is 0 Å². The lowest BCUT2D eigenvalue weighted by Gasteiger charge is -2.26. The van der Waals surface area contributed by atoms with Crippen molar-refractivity contribution in [3.63, 3.8) is 0 Å². The number of nitrogens with one attached hydrogen (secondary N) is 1. The first-order valence-electron chi connectivity index (χ1n) is 6.51. The highest BCUT2D eigenvalue weighted by molar-refractivity contribution is 5.77. The summed E-state index contributed by atoms with van der Waals surface area (Å²) in [5.41, 5.74) is 0. The van der Waals surface area contributed by atoms with Crippen LogP contribution in [0, 0.1) is 5.92 Å². The van der Waals surface area contributed by atoms with Crippen LogP contribution in [0.2, 0.25) is 0 Å². The number of carbonyl (C=O) groups is 2. The van der Waals surface area contributed by atoms with E-state index in [0.29, 0.717) is 0 Å². The first-order valence-corrected chi connectivity index (χ1v) is 6.51. The number of hydrogen-bond donors (Lipinski definition) is 1. The molecule has 1 aliphatic rings. The summed E-state index contributed by atoms with van der Waals surface area (Å²) < 4.78 is 10.3. The van der Waals surface area contributed by atoms with Gasteiger partial charge in [-0.2, -0.15) is 0 Å². The second kappa shape index (κ2) is 7.36. The minimum absolute atomic E-state index is 0.000611. The molecule has 1 fully saturated rings. The van der Waals surface area contributed by atoms with Gasteiger partial charge in [-0.15, -0.1) is 0 Å². The topological polar surface area (TPSA) is 64.6 Å². The van der Waals surface area contributed by atoms with E-state index in [4.69, 9.17) is 9.47 Å². The van der Waals surface area contributed by atoms with E-state index in [9.17, 15) is 9.59 Å². The van der Waals surface area contributed by atoms with Gasteiger partial charge in [0.1, 0.15) is 6.61 Å². The molecule has 1 rings (SSSR count). The zero-order valence-corrected chi connectivity index (χ0v) is 11.4. The average molecular weight is 257 g/mol. The Morgan fingerprint density at radius 3 is 2.33 bits per heavy atom. The third-order valence-electron chi connectivity index (χ3n) is 3.11. The number of amides is 1. The minimum atomic E-state index is -0.133. The Balaban J connectivity index is 2.19. The van der Waals surface area contributed by atoms with E-state index < -0.39 is 0 Å². The van der Waals surface area contributed by atoms with Gasteiger partial charge in [0.2, 0.25) is 5.91 Å². The molecule has 18 heavy (non-hydrogen) atoms. The summed E-state index contributed by atoms with van der Waals surface area (Å²) in [6.45, 7) is 3.94. The molecule has 1 saturated carbocycles. The predicted molar refractivity (Wildman–Crippen MR) is 67.0 cm³/mol. The molecule has 1 aliphatic carbocycles. The zero-order chi connectivity index (χ0) is 13.5. The monoisotopic (exact) mass is 257 g/mol. The summed E-state index contributed by atoms with van der Waals surface area (Å²) in [4.78, 5) is 22.7. The molecular weight excluding hydrogens is 234 g/mol. The van der Waals surface area contributed by atoms with Crippen LogP contribution in [0.1, 0.15) is 39.5 Å². The predicted octanol–water partition coefficient (Wildman–Crippen LogP) is 1.26. The Bertz CT molecular complexity index is 283. The van der Waals surface area contributed by atoms with Gasteiger partial charge in [0.05, 0.1) is 19.1 Å². The van der Waals surface area contributed by atoms with Crippen LogP contribution < -0.4 is 5.32 Å². The van der Waals surface area contributed by atoms with E-state index in [1.54, 1.807) is 0 Å². The van der Waals surface area contributed by atoms with Crippen LogP contribution >= 0.6 is 0 Å². The highest BCUT2D eigenvalue weighted by Gasteiger charge is 2.27. The third kappa shape index (κ3) is 5.04. The van der Waals surface area contributed by atoms with E-state index in [0.717, 1.165) is 25.7 Å². The summed E-state index contributed by atoms with van der Waals surface area (Å²) in [6, 6.07) is 0.135. The summed E-state index contributed by atoms with van der Waals surface area (Å²) in [7, 11) is 1.42. The summed E-state index contributed by atoms with van der Waals surface area (Å²) in [5, 5.41) is 2.78. The van der Waals surface area contributed by atoms with Crippen LogP contribution in [0.4, 0.5) is 0 Å². The molecular formula is C13H23NO4. The van der Waals surface area contributed by atoms with Gasteiger partial charge in [-0.25, -0.2) is 0 Å². The molecule has 0 aromatic rings. The van der Waals surface area contributed by atoms with Crippen LogP contribution in [-0.2, 0) is 19.1 Å². The van der Waals surface area contributed by atoms with Crippen molar-refractivity contribution in [1.82, 2.24) is 5.32 Å². The summed E-state index contributed by atoms with van der Waals surface area (Å²) >= 11 is 0. The molecule has 1 amide bonds. The van der Waals surface area contributed by atoms with Gasteiger partial charge in [-0.1, -0.05) is 0 Å². The van der Waals surface area contributed by atoms with Gasteiger partial charge in [0.15, 0.2) is 0 Å². The molecule has 5 heteroatoms. The second-order valence-corrected chi connectivity index (χ2v) is 5.03. The first-order chi connectivity index (χ1) is 8.52. The van der Waals surface area contributed by atoms with Crippen LogP contribution in [0.5, 0.6) is 0 Å². The van der Waals surface area contributed by atoms with Gasteiger partial charge in [0.25, 0.3) is 0 Å². The van der Waals surface area contributed by atoms with E-state index in [1.807, 2.05) is 13.8 Å². The third-order valence-corrected chi connectivity index (χ3v) is 3.11. The average Bonchev–Trinajstić information content (AvgIpc) is 2.35. The zero-order valence-electron chi connectivity index (χ0n) is 11.4. The molecule has 0 unspecified atom stereocenters. The molecule has 5 nitrogen and oxygen atoms in total. The molecule has 0 atom stereocenters. The van der Waals surface area contributed by atoms with Crippen molar-refractivity contribution in [3.8, 4) is 0 Å². The largest absolute Gasteiger partial charge is 0.469 e. The number of rotatable bonds is 5. The van der Waals surface area contributed by atoms with E-state index in [2.05, 4.69) is 5.32 Å². The Hall–Kier alpha value is -1.10. The fourth-order valence-electron chi connectivity index (χ4n) is 2.19. The van der Waals surface area contributed by atoms with Crippen molar-refractivity contribution in [2.45, 2.75) is 51.7 Å². The van der Waals surface area contributed by atoms with Crippen molar-refractivity contribution < 1.29 is 19.1 Å². The van der Waals surface area contributed by atoms with Crippen LogP contribution in [0.3, 0.4) is 0 Å². The smallest absolute Gasteiger partial charge is 0.308 e. The molecule has 1 N–H and O–H groups in total. The molecule has 0 bridgehead atoms. The fourth-order valence-corrected chi connectivity index (χ4v) is 2.19. The molecule has 0 spiro atoms. The van der Waals surface area contributed by atoms with Gasteiger partial charge in [0, 0.05) is 6.04 Å². The number of carbonyl (C=O) groups excluding carboxylic acids is 2. The standard InChI is InChI=1S/C13H23NO4/c1-9(2)14-12(15)8-18-11-6-4-10(5-7-11)13(16)17-3/h9-11H,4-8H2,1-3H3,(H,14,15). The first kappa shape index (κ1) is 15.0. The molecule has 0 aromatic carbocycles. The summed E-state index contributed by atoms with van der Waals surface area (Å²) in [5.74, 6) is -0.217. The van der Waals surface area contributed by atoms with Gasteiger partial charge in [-0.05, 0) is 39.5 Å². The second-order valence-electron chi connectivity index (χ2n) is 5.03. The Morgan fingerprint density at radius 2 is 1.83 bits per heavy atom. The lowest BCUT2D eigenvalue weighted by atomic mass is 9.87. The van der Waals surface area contributed by atoms with Crippen molar-refractivity contribution in [2.24, 2.45) is 5.92 Å². The number of methoxy groups -OCH3 is 1. The van der Waals surface area contributed by atoms with Gasteiger partial charge >= 0.3 is 5.97 Å². The molecule has 104 valence electrons. The quantitative estimate of drug-likeness (QED) is 0.753. The maximum atomic E-state index is 11.4.